The Labute approximate surface area is 230 Å². The highest BCUT2D eigenvalue weighted by molar-refractivity contribution is 6.01. The van der Waals surface area contributed by atoms with E-state index in [2.05, 4.69) is 15.6 Å². The Morgan fingerprint density at radius 2 is 1.52 bits per heavy atom. The van der Waals surface area contributed by atoms with Crippen LogP contribution in [0.15, 0.2) is 66.9 Å². The van der Waals surface area contributed by atoms with Crippen molar-refractivity contribution in [2.24, 2.45) is 5.41 Å². The predicted octanol–water partition coefficient (Wildman–Crippen LogP) is 6.11. The molecule has 40 heavy (non-hydrogen) atoms. The molecule has 0 saturated heterocycles. The molecule has 0 spiro atoms. The number of amides is 2. The Balaban J connectivity index is 1.53. The highest BCUT2D eigenvalue weighted by Crippen LogP contribution is 2.37. The van der Waals surface area contributed by atoms with E-state index >= 15 is 4.39 Å². The van der Waals surface area contributed by atoms with Gasteiger partial charge >= 0.3 is 0 Å². The second-order valence-corrected chi connectivity index (χ2v) is 10.0. The van der Waals surface area contributed by atoms with Crippen molar-refractivity contribution >= 4 is 28.4 Å². The van der Waals surface area contributed by atoms with Crippen LogP contribution in [0.1, 0.15) is 31.1 Å². The number of aromatic nitrogens is 1. The quantitative estimate of drug-likeness (QED) is 0.275. The maximum Gasteiger partial charge on any atom is 0.251 e. The fourth-order valence-corrected chi connectivity index (χ4v) is 4.02. The van der Waals surface area contributed by atoms with Crippen LogP contribution >= 0.6 is 0 Å². The van der Waals surface area contributed by atoms with Gasteiger partial charge in [0.1, 0.15) is 17.6 Å². The van der Waals surface area contributed by atoms with Gasteiger partial charge in [-0.2, -0.15) is 0 Å². The third-order valence-corrected chi connectivity index (χ3v) is 6.14. The van der Waals surface area contributed by atoms with Crippen molar-refractivity contribution in [3.05, 3.63) is 84.1 Å². The maximum atomic E-state index is 15.1. The van der Waals surface area contributed by atoms with Gasteiger partial charge in [0.2, 0.25) is 5.91 Å². The highest BCUT2D eigenvalue weighted by Gasteiger charge is 2.33. The molecule has 0 aliphatic heterocycles. The van der Waals surface area contributed by atoms with E-state index in [1.165, 1.54) is 44.7 Å². The Bertz CT molecular complexity index is 1550. The van der Waals surface area contributed by atoms with Gasteiger partial charge in [-0.05, 0) is 53.9 Å². The van der Waals surface area contributed by atoms with Crippen molar-refractivity contribution in [1.29, 1.82) is 0 Å². The molecule has 2 amide bonds. The summed E-state index contributed by atoms with van der Waals surface area (Å²) in [5.74, 6) is -1.05. The smallest absolute Gasteiger partial charge is 0.251 e. The SMILES string of the molecule is COc1cc2nccc(Oc3ccc(NC(=O)C(NC(=O)c4ccc(F)cc4)C(C)(C)C)cc3F)c2cc1OC. The van der Waals surface area contributed by atoms with Gasteiger partial charge in [-0.15, -0.1) is 0 Å². The third kappa shape index (κ3) is 6.28. The molecule has 0 radical (unpaired) electrons. The minimum atomic E-state index is -0.973. The zero-order valence-corrected chi connectivity index (χ0v) is 22.7. The normalized spacial score (nSPS) is 12.0. The number of nitrogens with one attached hydrogen (secondary N) is 2. The van der Waals surface area contributed by atoms with Crippen molar-refractivity contribution in [2.75, 3.05) is 19.5 Å². The number of fused-ring (bicyclic) bond motifs is 1. The Hall–Kier alpha value is -4.73. The van der Waals surface area contributed by atoms with Crippen LogP contribution < -0.4 is 24.8 Å². The Kier molecular flexibility index (Phi) is 8.18. The van der Waals surface area contributed by atoms with Crippen molar-refractivity contribution < 1.29 is 32.6 Å². The first-order chi connectivity index (χ1) is 19.0. The summed E-state index contributed by atoms with van der Waals surface area (Å²) in [6.45, 7) is 5.34. The molecule has 4 aromatic rings. The van der Waals surface area contributed by atoms with Crippen LogP contribution in [0.5, 0.6) is 23.0 Å². The molecule has 2 N–H and O–H groups in total. The molecule has 1 aromatic heterocycles. The zero-order valence-electron chi connectivity index (χ0n) is 22.7. The van der Waals surface area contributed by atoms with E-state index in [1.54, 1.807) is 39.0 Å². The van der Waals surface area contributed by atoms with Crippen LogP contribution in [0.2, 0.25) is 0 Å². The summed E-state index contributed by atoms with van der Waals surface area (Å²) in [5, 5.41) is 5.93. The van der Waals surface area contributed by atoms with E-state index in [0.29, 0.717) is 28.2 Å². The number of rotatable bonds is 8. The van der Waals surface area contributed by atoms with Crippen LogP contribution in [-0.2, 0) is 4.79 Å². The number of halogens is 2. The summed E-state index contributed by atoms with van der Waals surface area (Å²) in [6.07, 6.45) is 1.53. The predicted molar refractivity (Wildman–Crippen MR) is 147 cm³/mol. The molecule has 0 fully saturated rings. The summed E-state index contributed by atoms with van der Waals surface area (Å²) in [7, 11) is 3.02. The molecule has 0 saturated carbocycles. The molecule has 3 aromatic carbocycles. The molecular formula is C30H29F2N3O5. The van der Waals surface area contributed by atoms with Crippen molar-refractivity contribution in [2.45, 2.75) is 26.8 Å². The molecule has 10 heteroatoms. The van der Waals surface area contributed by atoms with Gasteiger partial charge in [0, 0.05) is 35.0 Å². The van der Waals surface area contributed by atoms with E-state index < -0.39 is 34.9 Å². The van der Waals surface area contributed by atoms with E-state index in [9.17, 15) is 14.0 Å². The Morgan fingerprint density at radius 1 is 0.850 bits per heavy atom. The van der Waals surface area contributed by atoms with Crippen molar-refractivity contribution in [3.63, 3.8) is 0 Å². The fraction of sp³-hybridized carbons (Fsp3) is 0.233. The first-order valence-electron chi connectivity index (χ1n) is 12.4. The first kappa shape index (κ1) is 28.3. The minimum absolute atomic E-state index is 0.0720. The number of hydrogen-bond acceptors (Lipinski definition) is 6. The molecule has 8 nitrogen and oxygen atoms in total. The average Bonchev–Trinajstić information content (AvgIpc) is 2.92. The molecule has 0 aliphatic carbocycles. The average molecular weight is 550 g/mol. The van der Waals surface area contributed by atoms with Crippen LogP contribution in [-0.4, -0.2) is 37.1 Å². The number of carbonyl (C=O) groups is 2. The Morgan fingerprint density at radius 3 is 2.15 bits per heavy atom. The standard InChI is InChI=1S/C30H29F2N3O5/c1-30(2,3)27(35-28(36)17-6-8-18(31)9-7-17)29(37)34-19-10-11-24(21(32)14-19)40-23-12-13-33-22-16-26(39-5)25(38-4)15-20(22)23/h6-16,27H,1-5H3,(H,34,37)(H,35,36). The number of methoxy groups -OCH3 is 2. The molecule has 0 bridgehead atoms. The second-order valence-electron chi connectivity index (χ2n) is 10.0. The lowest BCUT2D eigenvalue weighted by atomic mass is 9.85. The van der Waals surface area contributed by atoms with Crippen LogP contribution in [0.25, 0.3) is 10.9 Å². The monoisotopic (exact) mass is 549 g/mol. The summed E-state index contributed by atoms with van der Waals surface area (Å²) in [6, 6.07) is 13.0. The van der Waals surface area contributed by atoms with Crippen molar-refractivity contribution in [1.82, 2.24) is 10.3 Å². The molecule has 208 valence electrons. The summed E-state index contributed by atoms with van der Waals surface area (Å²) in [5.41, 5.74) is 0.255. The lowest BCUT2D eigenvalue weighted by Gasteiger charge is -2.30. The van der Waals surface area contributed by atoms with Gasteiger partial charge in [-0.1, -0.05) is 20.8 Å². The fourth-order valence-electron chi connectivity index (χ4n) is 4.02. The molecule has 1 heterocycles. The number of carbonyl (C=O) groups excluding carboxylic acids is 2. The highest BCUT2D eigenvalue weighted by atomic mass is 19.1. The minimum Gasteiger partial charge on any atom is -0.493 e. The number of anilines is 1. The molecule has 0 aliphatic rings. The largest absolute Gasteiger partial charge is 0.493 e. The van der Waals surface area contributed by atoms with Gasteiger partial charge in [0.15, 0.2) is 23.1 Å². The molecule has 1 unspecified atom stereocenters. The number of nitrogens with zero attached hydrogens (tertiary/aromatic N) is 1. The van der Waals surface area contributed by atoms with Crippen LogP contribution in [0.4, 0.5) is 14.5 Å². The van der Waals surface area contributed by atoms with E-state index in [1.807, 2.05) is 0 Å². The topological polar surface area (TPSA) is 98.8 Å². The third-order valence-electron chi connectivity index (χ3n) is 6.14. The molecule has 4 rings (SSSR count). The first-order valence-corrected chi connectivity index (χ1v) is 12.4. The number of benzene rings is 3. The van der Waals surface area contributed by atoms with Gasteiger partial charge in [-0.25, -0.2) is 8.78 Å². The summed E-state index contributed by atoms with van der Waals surface area (Å²) in [4.78, 5) is 30.2. The maximum absolute atomic E-state index is 15.1. The van der Waals surface area contributed by atoms with Crippen LogP contribution in [0.3, 0.4) is 0 Å². The lowest BCUT2D eigenvalue weighted by molar-refractivity contribution is -0.120. The zero-order chi connectivity index (χ0) is 29.0. The lowest BCUT2D eigenvalue weighted by Crippen LogP contribution is -2.51. The van der Waals surface area contributed by atoms with Crippen molar-refractivity contribution in [3.8, 4) is 23.0 Å². The van der Waals surface area contributed by atoms with E-state index in [4.69, 9.17) is 14.2 Å². The van der Waals surface area contributed by atoms with E-state index in [-0.39, 0.29) is 17.0 Å². The summed E-state index contributed by atoms with van der Waals surface area (Å²) < 4.78 is 44.9. The van der Waals surface area contributed by atoms with Gasteiger partial charge in [-0.3, -0.25) is 14.6 Å². The van der Waals surface area contributed by atoms with Gasteiger partial charge < -0.3 is 24.8 Å². The van der Waals surface area contributed by atoms with E-state index in [0.717, 1.165) is 18.2 Å². The second kappa shape index (κ2) is 11.6. The number of pyridine rings is 1. The van der Waals surface area contributed by atoms with Gasteiger partial charge in [0.05, 0.1) is 19.7 Å². The number of ether oxygens (including phenoxy) is 3. The van der Waals surface area contributed by atoms with Crippen LogP contribution in [0, 0.1) is 17.0 Å². The molecular weight excluding hydrogens is 520 g/mol. The summed E-state index contributed by atoms with van der Waals surface area (Å²) >= 11 is 0. The number of hydrogen-bond donors (Lipinski definition) is 2. The molecule has 1 atom stereocenters. The van der Waals surface area contributed by atoms with Gasteiger partial charge in [0.25, 0.3) is 5.91 Å².